The molecular weight excluding hydrogens is 465 g/mol. The second-order valence-electron chi connectivity index (χ2n) is 10.7. The van der Waals surface area contributed by atoms with Crippen LogP contribution in [0.4, 0.5) is 10.3 Å². The van der Waals surface area contributed by atoms with Gasteiger partial charge >= 0.3 is 0 Å². The van der Waals surface area contributed by atoms with Gasteiger partial charge in [0.2, 0.25) is 5.95 Å². The van der Waals surface area contributed by atoms with Gasteiger partial charge in [-0.25, -0.2) is 18.9 Å². The number of Topliss-reactive ketones (excluding diaryl/α,β-unsaturated/α-hetero) is 1. The molecule has 2 aliphatic rings. The first kappa shape index (κ1) is 25.6. The third-order valence-electron chi connectivity index (χ3n) is 8.13. The molecule has 37 heavy (non-hydrogen) atoms. The first-order valence-electron chi connectivity index (χ1n) is 14.0. The first-order valence-corrected chi connectivity index (χ1v) is 14.0. The number of anilines is 1. The van der Waals surface area contributed by atoms with Crippen LogP contribution < -0.4 is 5.32 Å². The molecule has 0 bridgehead atoms. The van der Waals surface area contributed by atoms with E-state index in [9.17, 15) is 9.18 Å². The topological polar surface area (TPSA) is 72.2 Å². The Morgan fingerprint density at radius 3 is 2.70 bits per heavy atom. The number of ketones is 1. The average Bonchev–Trinajstić information content (AvgIpc) is 3.51. The third kappa shape index (κ3) is 5.46. The van der Waals surface area contributed by atoms with E-state index >= 15 is 0 Å². The van der Waals surface area contributed by atoms with Crippen molar-refractivity contribution < 1.29 is 9.18 Å². The second kappa shape index (κ2) is 11.1. The van der Waals surface area contributed by atoms with Gasteiger partial charge in [0.05, 0.1) is 29.5 Å². The molecule has 3 heterocycles. The van der Waals surface area contributed by atoms with Crippen LogP contribution in [-0.2, 0) is 6.42 Å². The molecule has 7 heteroatoms. The Kier molecular flexibility index (Phi) is 7.68. The van der Waals surface area contributed by atoms with Gasteiger partial charge in [-0.3, -0.25) is 4.79 Å². The first-order chi connectivity index (χ1) is 18.0. The minimum Gasteiger partial charge on any atom is -0.351 e. The van der Waals surface area contributed by atoms with Crippen LogP contribution in [0.3, 0.4) is 0 Å². The van der Waals surface area contributed by atoms with Crippen molar-refractivity contribution in [1.82, 2.24) is 19.6 Å². The van der Waals surface area contributed by atoms with Gasteiger partial charge < -0.3 is 5.32 Å². The summed E-state index contributed by atoms with van der Waals surface area (Å²) in [6.07, 6.45) is 18.1. The summed E-state index contributed by atoms with van der Waals surface area (Å²) < 4.78 is 16.8. The van der Waals surface area contributed by atoms with Gasteiger partial charge in [-0.05, 0) is 49.0 Å². The zero-order valence-electron chi connectivity index (χ0n) is 22.1. The predicted octanol–water partition coefficient (Wildman–Crippen LogP) is 6.99. The van der Waals surface area contributed by atoms with Crippen LogP contribution >= 0.6 is 0 Å². The van der Waals surface area contributed by atoms with Crippen LogP contribution in [0.15, 0.2) is 36.8 Å². The fourth-order valence-corrected chi connectivity index (χ4v) is 5.82. The number of hydrogen-bond acceptors (Lipinski definition) is 5. The lowest BCUT2D eigenvalue weighted by atomic mass is 9.86. The molecule has 1 N–H and O–H groups in total. The molecule has 2 aliphatic carbocycles. The Balaban J connectivity index is 1.35. The number of carbonyl (C=O) groups is 1. The molecule has 6 nitrogen and oxygen atoms in total. The van der Waals surface area contributed by atoms with E-state index in [-0.39, 0.29) is 18.2 Å². The normalized spacial score (nSPS) is 18.1. The number of halogens is 1. The molecule has 3 aromatic rings. The largest absolute Gasteiger partial charge is 0.351 e. The van der Waals surface area contributed by atoms with Crippen LogP contribution in [0.25, 0.3) is 11.1 Å². The van der Waals surface area contributed by atoms with Gasteiger partial charge in [-0.1, -0.05) is 58.4 Å². The quantitative estimate of drug-likeness (QED) is 0.319. The molecule has 0 aromatic carbocycles. The summed E-state index contributed by atoms with van der Waals surface area (Å²) in [5.41, 5.74) is 4.34. The van der Waals surface area contributed by atoms with Crippen LogP contribution in [0.2, 0.25) is 0 Å². The monoisotopic (exact) mass is 503 g/mol. The minimum atomic E-state index is -1.24. The molecule has 0 spiro atoms. The van der Waals surface area contributed by atoms with Gasteiger partial charge in [0.1, 0.15) is 5.67 Å². The highest BCUT2D eigenvalue weighted by Crippen LogP contribution is 2.34. The summed E-state index contributed by atoms with van der Waals surface area (Å²) >= 11 is 0. The number of hydrogen-bond donors (Lipinski definition) is 1. The Labute approximate surface area is 218 Å². The van der Waals surface area contributed by atoms with Crippen molar-refractivity contribution >= 4 is 22.8 Å². The van der Waals surface area contributed by atoms with Crippen molar-refractivity contribution in [2.24, 2.45) is 5.92 Å². The number of nitrogens with one attached hydrogen (secondary N) is 1. The van der Waals surface area contributed by atoms with Crippen molar-refractivity contribution in [1.29, 1.82) is 0 Å². The summed E-state index contributed by atoms with van der Waals surface area (Å²) in [4.78, 5) is 22.7. The van der Waals surface area contributed by atoms with Gasteiger partial charge in [0.25, 0.3) is 0 Å². The number of pyridine rings is 1. The van der Waals surface area contributed by atoms with Crippen LogP contribution in [0.1, 0.15) is 105 Å². The number of allylic oxidation sites excluding steroid dienone is 1. The second-order valence-corrected chi connectivity index (χ2v) is 10.7. The van der Waals surface area contributed by atoms with Gasteiger partial charge in [-0.15, -0.1) is 0 Å². The van der Waals surface area contributed by atoms with E-state index in [0.717, 1.165) is 65.6 Å². The molecule has 0 saturated heterocycles. The molecule has 0 radical (unpaired) electrons. The predicted molar refractivity (Wildman–Crippen MR) is 146 cm³/mol. The van der Waals surface area contributed by atoms with E-state index in [1.165, 1.54) is 19.3 Å². The van der Waals surface area contributed by atoms with Crippen LogP contribution in [-0.4, -0.2) is 37.6 Å². The molecule has 1 atom stereocenters. The minimum absolute atomic E-state index is 0.0933. The summed E-state index contributed by atoms with van der Waals surface area (Å²) in [6, 6.07) is 4.10. The smallest absolute Gasteiger partial charge is 0.223 e. The maximum Gasteiger partial charge on any atom is 0.223 e. The lowest BCUT2D eigenvalue weighted by molar-refractivity contribution is 0.0900. The standard InChI is InChI=1S/C30H38FN5O/c1-3-15-30(31,4-2)20-33-29-32-18-24-23(12-13-26(24)35-29)22-14-16-36-27(17-22)25(19-34-36)28(37)21-10-8-6-5-7-9-11-21/h12,14,16-19,21H,3-11,13,15,20H2,1-2H3,(H,32,33,35). The number of carbonyl (C=O) groups excluding carboxylic acids is 1. The van der Waals surface area contributed by atoms with E-state index in [0.29, 0.717) is 25.2 Å². The summed E-state index contributed by atoms with van der Waals surface area (Å²) in [5.74, 6) is 0.794. The molecule has 196 valence electrons. The Bertz CT molecular complexity index is 1290. The number of fused-ring (bicyclic) bond motifs is 2. The summed E-state index contributed by atoms with van der Waals surface area (Å²) in [5, 5.41) is 7.59. The highest BCUT2D eigenvalue weighted by Gasteiger charge is 2.27. The fraction of sp³-hybridized carbons (Fsp3) is 0.533. The molecular formula is C30H38FN5O. The summed E-state index contributed by atoms with van der Waals surface area (Å²) in [7, 11) is 0. The molecule has 0 amide bonds. The van der Waals surface area contributed by atoms with Crippen LogP contribution in [0.5, 0.6) is 0 Å². The molecule has 1 saturated carbocycles. The Morgan fingerprint density at radius 1 is 1.16 bits per heavy atom. The van der Waals surface area contributed by atoms with E-state index in [1.54, 1.807) is 10.7 Å². The molecule has 0 aliphatic heterocycles. The average molecular weight is 504 g/mol. The van der Waals surface area contributed by atoms with Crippen molar-refractivity contribution in [3.63, 3.8) is 0 Å². The molecule has 1 fully saturated rings. The van der Waals surface area contributed by atoms with Gasteiger partial charge in [0.15, 0.2) is 5.78 Å². The van der Waals surface area contributed by atoms with Crippen molar-refractivity contribution in [3.05, 3.63) is 59.2 Å². The zero-order chi connectivity index (χ0) is 25.8. The molecule has 5 rings (SSSR count). The van der Waals surface area contributed by atoms with E-state index < -0.39 is 5.67 Å². The fourth-order valence-electron chi connectivity index (χ4n) is 5.82. The number of nitrogens with zero attached hydrogens (tertiary/aromatic N) is 4. The lowest BCUT2D eigenvalue weighted by Crippen LogP contribution is -2.32. The molecule has 3 aromatic heterocycles. The highest BCUT2D eigenvalue weighted by atomic mass is 19.1. The number of alkyl halides is 1. The van der Waals surface area contributed by atoms with E-state index in [4.69, 9.17) is 0 Å². The lowest BCUT2D eigenvalue weighted by Gasteiger charge is -2.23. The van der Waals surface area contributed by atoms with Crippen molar-refractivity contribution in [2.75, 3.05) is 11.9 Å². The van der Waals surface area contributed by atoms with E-state index in [1.807, 2.05) is 32.3 Å². The number of aromatic nitrogens is 4. The zero-order valence-corrected chi connectivity index (χ0v) is 22.1. The Hall–Kier alpha value is -3.09. The Morgan fingerprint density at radius 2 is 1.95 bits per heavy atom. The van der Waals surface area contributed by atoms with Crippen molar-refractivity contribution in [3.8, 4) is 0 Å². The van der Waals surface area contributed by atoms with Crippen LogP contribution in [0, 0.1) is 5.92 Å². The third-order valence-corrected chi connectivity index (χ3v) is 8.13. The number of rotatable bonds is 9. The SMILES string of the molecule is CCCC(F)(CC)CNc1ncc2c(n1)CC=C2c1ccn2ncc(C(=O)C3CCCCCCC3)c2c1. The highest BCUT2D eigenvalue weighted by molar-refractivity contribution is 6.04. The van der Waals surface area contributed by atoms with Gasteiger partial charge in [-0.2, -0.15) is 5.10 Å². The maximum atomic E-state index is 15.0. The molecule has 1 unspecified atom stereocenters. The van der Waals surface area contributed by atoms with Crippen molar-refractivity contribution in [2.45, 2.75) is 90.1 Å². The van der Waals surface area contributed by atoms with Gasteiger partial charge in [0, 0.05) is 30.3 Å². The maximum absolute atomic E-state index is 15.0. The van der Waals surface area contributed by atoms with E-state index in [2.05, 4.69) is 32.5 Å². The summed E-state index contributed by atoms with van der Waals surface area (Å²) in [6.45, 7) is 4.10.